The Kier molecular flexibility index (Phi) is 3.62. The molecule has 2 aromatic rings. The van der Waals surface area contributed by atoms with Crippen LogP contribution in [0.3, 0.4) is 0 Å². The predicted molar refractivity (Wildman–Crippen MR) is 68.9 cm³/mol. The molecule has 18 heavy (non-hydrogen) atoms. The van der Waals surface area contributed by atoms with Crippen molar-refractivity contribution in [1.29, 1.82) is 0 Å². The molecule has 0 aliphatic rings. The normalized spacial score (nSPS) is 14.2. The molecule has 1 N–H and O–H groups in total. The highest BCUT2D eigenvalue weighted by molar-refractivity contribution is 7.89. The van der Waals surface area contributed by atoms with Crippen molar-refractivity contribution >= 4 is 32.8 Å². The van der Waals surface area contributed by atoms with Gasteiger partial charge in [0, 0.05) is 13.6 Å². The van der Waals surface area contributed by atoms with E-state index in [1.165, 1.54) is 20.0 Å². The Labute approximate surface area is 109 Å². The van der Waals surface area contributed by atoms with Crippen LogP contribution in [0.5, 0.6) is 0 Å². The molecule has 0 aliphatic heterocycles. The maximum Gasteiger partial charge on any atom is 0.245 e. The van der Waals surface area contributed by atoms with Crippen molar-refractivity contribution in [2.24, 2.45) is 0 Å². The van der Waals surface area contributed by atoms with Gasteiger partial charge in [0.2, 0.25) is 10.0 Å². The van der Waals surface area contributed by atoms with Crippen LogP contribution in [0.1, 0.15) is 6.92 Å². The van der Waals surface area contributed by atoms with Crippen LogP contribution in [0.15, 0.2) is 23.1 Å². The van der Waals surface area contributed by atoms with E-state index in [1.54, 1.807) is 12.1 Å². The summed E-state index contributed by atoms with van der Waals surface area (Å²) in [5.41, 5.74) is 0.937. The smallest absolute Gasteiger partial charge is 0.245 e. The van der Waals surface area contributed by atoms with Gasteiger partial charge in [-0.1, -0.05) is 6.07 Å². The van der Waals surface area contributed by atoms with E-state index in [0.717, 1.165) is 16.0 Å². The molecular weight excluding hydrogens is 274 g/mol. The minimum absolute atomic E-state index is 0.0380. The van der Waals surface area contributed by atoms with Gasteiger partial charge in [-0.2, -0.15) is 13.1 Å². The van der Waals surface area contributed by atoms with E-state index < -0.39 is 16.1 Å². The van der Waals surface area contributed by atoms with Crippen LogP contribution in [0.25, 0.3) is 11.0 Å². The van der Waals surface area contributed by atoms with Crippen molar-refractivity contribution in [3.05, 3.63) is 18.2 Å². The number of aliphatic hydroxyl groups is 1. The number of likely N-dealkylation sites (N-methyl/N-ethyl adjacent to an activating group) is 1. The van der Waals surface area contributed by atoms with Crippen LogP contribution in [0, 0.1) is 0 Å². The summed E-state index contributed by atoms with van der Waals surface area (Å²) < 4.78 is 33.8. The van der Waals surface area contributed by atoms with Crippen LogP contribution in [-0.2, 0) is 10.0 Å². The Bertz CT molecular complexity index is 651. The highest BCUT2D eigenvalue weighted by atomic mass is 32.2. The second-order valence-corrected chi connectivity index (χ2v) is 6.56. The molecular formula is C10H13N3O3S2. The Morgan fingerprint density at radius 3 is 2.83 bits per heavy atom. The Balaban J connectivity index is 2.50. The molecule has 2 rings (SSSR count). The minimum atomic E-state index is -3.65. The summed E-state index contributed by atoms with van der Waals surface area (Å²) in [6.07, 6.45) is -0.725. The molecule has 0 aliphatic carbocycles. The summed E-state index contributed by atoms with van der Waals surface area (Å²) in [4.78, 5) is 0.122. The SMILES string of the molecule is CC(O)CN(C)S(=O)(=O)c1cccc2nsnc12. The zero-order chi connectivity index (χ0) is 13.3. The van der Waals surface area contributed by atoms with Gasteiger partial charge in [0.25, 0.3) is 0 Å². The third-order valence-corrected chi connectivity index (χ3v) is 4.86. The first-order valence-corrected chi connectivity index (χ1v) is 7.45. The van der Waals surface area contributed by atoms with Crippen molar-refractivity contribution < 1.29 is 13.5 Å². The molecule has 1 atom stereocenters. The number of nitrogens with zero attached hydrogens (tertiary/aromatic N) is 3. The van der Waals surface area contributed by atoms with Crippen LogP contribution >= 0.6 is 11.7 Å². The van der Waals surface area contributed by atoms with E-state index in [1.807, 2.05) is 0 Å². The lowest BCUT2D eigenvalue weighted by molar-refractivity contribution is 0.171. The molecule has 0 amide bonds. The van der Waals surface area contributed by atoms with Crippen LogP contribution < -0.4 is 0 Å². The highest BCUT2D eigenvalue weighted by Crippen LogP contribution is 2.23. The number of hydrogen-bond acceptors (Lipinski definition) is 6. The number of rotatable bonds is 4. The molecule has 1 aromatic carbocycles. The Morgan fingerprint density at radius 1 is 1.44 bits per heavy atom. The van der Waals surface area contributed by atoms with Crippen LogP contribution in [0.2, 0.25) is 0 Å². The lowest BCUT2D eigenvalue weighted by Gasteiger charge is -2.18. The number of aliphatic hydroxyl groups excluding tert-OH is 1. The largest absolute Gasteiger partial charge is 0.392 e. The topological polar surface area (TPSA) is 83.4 Å². The highest BCUT2D eigenvalue weighted by Gasteiger charge is 2.25. The predicted octanol–water partition coefficient (Wildman–Crippen LogP) is 0.693. The summed E-state index contributed by atoms with van der Waals surface area (Å²) in [5, 5.41) is 9.27. The van der Waals surface area contributed by atoms with Crippen LogP contribution in [-0.4, -0.2) is 46.3 Å². The maximum absolute atomic E-state index is 12.3. The maximum atomic E-state index is 12.3. The first-order valence-electron chi connectivity index (χ1n) is 5.28. The molecule has 1 unspecified atom stereocenters. The van der Waals surface area contributed by atoms with Gasteiger partial charge in [-0.05, 0) is 19.1 Å². The van der Waals surface area contributed by atoms with Crippen molar-refractivity contribution in [2.45, 2.75) is 17.9 Å². The standard InChI is InChI=1S/C10H13N3O3S2/c1-7(14)6-13(2)18(15,16)9-5-3-4-8-10(9)12-17-11-8/h3-5,7,14H,6H2,1-2H3. The third-order valence-electron chi connectivity index (χ3n) is 2.46. The number of sulfonamides is 1. The van der Waals surface area contributed by atoms with E-state index in [-0.39, 0.29) is 11.4 Å². The number of fused-ring (bicyclic) bond motifs is 1. The number of benzene rings is 1. The second-order valence-electron chi connectivity index (χ2n) is 4.02. The average molecular weight is 287 g/mol. The third kappa shape index (κ3) is 2.37. The molecule has 98 valence electrons. The zero-order valence-corrected chi connectivity index (χ0v) is 11.6. The van der Waals surface area contributed by atoms with Crippen molar-refractivity contribution in [3.63, 3.8) is 0 Å². The van der Waals surface area contributed by atoms with Gasteiger partial charge in [-0.15, -0.1) is 0 Å². The van der Waals surface area contributed by atoms with E-state index in [4.69, 9.17) is 0 Å². The van der Waals surface area contributed by atoms with Gasteiger partial charge < -0.3 is 5.11 Å². The Hall–Kier alpha value is -1.09. The fourth-order valence-corrected chi connectivity index (χ4v) is 3.63. The van der Waals surface area contributed by atoms with Crippen molar-refractivity contribution in [3.8, 4) is 0 Å². The molecule has 8 heteroatoms. The summed E-state index contributed by atoms with van der Waals surface area (Å²) in [5.74, 6) is 0. The van der Waals surface area contributed by atoms with Gasteiger partial charge in [0.05, 0.1) is 17.8 Å². The van der Waals surface area contributed by atoms with E-state index in [9.17, 15) is 13.5 Å². The molecule has 1 aromatic heterocycles. The lowest BCUT2D eigenvalue weighted by Crippen LogP contribution is -2.33. The average Bonchev–Trinajstić information content (AvgIpc) is 2.75. The monoisotopic (exact) mass is 287 g/mol. The van der Waals surface area contributed by atoms with Crippen LogP contribution in [0.4, 0.5) is 0 Å². The quantitative estimate of drug-likeness (QED) is 0.894. The summed E-state index contributed by atoms with van der Waals surface area (Å²) in [6, 6.07) is 4.84. The molecule has 6 nitrogen and oxygen atoms in total. The van der Waals surface area contributed by atoms with E-state index in [0.29, 0.717) is 11.0 Å². The zero-order valence-electron chi connectivity index (χ0n) is 9.94. The summed E-state index contributed by atoms with van der Waals surface area (Å²) >= 11 is 0.976. The second kappa shape index (κ2) is 4.88. The molecule has 0 saturated heterocycles. The van der Waals surface area contributed by atoms with E-state index in [2.05, 4.69) is 8.75 Å². The Morgan fingerprint density at radius 2 is 2.17 bits per heavy atom. The number of aromatic nitrogens is 2. The fourth-order valence-electron chi connectivity index (χ4n) is 1.63. The van der Waals surface area contributed by atoms with E-state index >= 15 is 0 Å². The summed E-state index contributed by atoms with van der Waals surface area (Å²) in [7, 11) is -2.22. The first kappa shape index (κ1) is 13.3. The van der Waals surface area contributed by atoms with Gasteiger partial charge in [-0.3, -0.25) is 0 Å². The first-order chi connectivity index (χ1) is 8.43. The molecule has 0 spiro atoms. The van der Waals surface area contributed by atoms with Gasteiger partial charge in [0.15, 0.2) is 0 Å². The molecule has 0 fully saturated rings. The summed E-state index contributed by atoms with van der Waals surface area (Å²) in [6.45, 7) is 1.58. The van der Waals surface area contributed by atoms with Gasteiger partial charge in [-0.25, -0.2) is 8.42 Å². The van der Waals surface area contributed by atoms with Gasteiger partial charge >= 0.3 is 0 Å². The van der Waals surface area contributed by atoms with Crippen molar-refractivity contribution in [2.75, 3.05) is 13.6 Å². The molecule has 1 heterocycles. The molecule has 0 radical (unpaired) electrons. The molecule has 0 bridgehead atoms. The number of hydrogen-bond donors (Lipinski definition) is 1. The lowest BCUT2D eigenvalue weighted by atomic mass is 10.3. The molecule has 0 saturated carbocycles. The van der Waals surface area contributed by atoms with Gasteiger partial charge in [0.1, 0.15) is 15.9 Å². The van der Waals surface area contributed by atoms with Crippen molar-refractivity contribution in [1.82, 2.24) is 13.1 Å². The fraction of sp³-hybridized carbons (Fsp3) is 0.400. The minimum Gasteiger partial charge on any atom is -0.392 e.